The van der Waals surface area contributed by atoms with Crippen molar-refractivity contribution in [3.63, 3.8) is 0 Å². The molecule has 2 nitrogen and oxygen atoms in total. The van der Waals surface area contributed by atoms with Crippen LogP contribution in [0.15, 0.2) is 24.3 Å². The predicted octanol–water partition coefficient (Wildman–Crippen LogP) is 3.64. The Morgan fingerprint density at radius 3 is 2.26 bits per heavy atom. The number of nitrogens with zero attached hydrogens (tertiary/aromatic N) is 1. The molecule has 2 heteroatoms. The molecule has 1 heterocycles. The van der Waals surface area contributed by atoms with Gasteiger partial charge in [-0.05, 0) is 49.8 Å². The van der Waals surface area contributed by atoms with Gasteiger partial charge in [0.1, 0.15) is 11.9 Å². The average molecular weight is 259 g/mol. The highest BCUT2D eigenvalue weighted by Crippen LogP contribution is 2.28. The van der Waals surface area contributed by atoms with Crippen LogP contribution in [0, 0.1) is 0 Å². The van der Waals surface area contributed by atoms with Crippen LogP contribution < -0.4 is 4.74 Å². The number of hydrogen-bond donors (Lipinski definition) is 0. The molecular weight excluding hydrogens is 234 g/mol. The van der Waals surface area contributed by atoms with E-state index < -0.39 is 0 Å². The van der Waals surface area contributed by atoms with E-state index in [-0.39, 0.29) is 0 Å². The molecule has 1 saturated heterocycles. The fraction of sp³-hybridized carbons (Fsp3) is 0.647. The number of likely N-dealkylation sites (tertiary alicyclic amines) is 1. The quantitative estimate of drug-likeness (QED) is 0.818. The normalized spacial score (nSPS) is 22.2. The monoisotopic (exact) mass is 259 g/mol. The van der Waals surface area contributed by atoms with Gasteiger partial charge in [-0.3, -0.25) is 0 Å². The summed E-state index contributed by atoms with van der Waals surface area (Å²) in [6, 6.07) is 9.50. The first-order chi connectivity index (χ1) is 9.35. The van der Waals surface area contributed by atoms with Crippen LogP contribution in [-0.2, 0) is 6.42 Å². The Kier molecular flexibility index (Phi) is 4.07. The van der Waals surface area contributed by atoms with Crippen LogP contribution in [0.5, 0.6) is 5.75 Å². The summed E-state index contributed by atoms with van der Waals surface area (Å²) in [5.41, 5.74) is 1.38. The molecule has 3 rings (SSSR count). The van der Waals surface area contributed by atoms with Crippen LogP contribution in [0.1, 0.15) is 44.6 Å². The van der Waals surface area contributed by atoms with Crippen molar-refractivity contribution in [2.45, 2.75) is 57.6 Å². The van der Waals surface area contributed by atoms with Crippen LogP contribution in [-0.4, -0.2) is 30.1 Å². The lowest BCUT2D eigenvalue weighted by molar-refractivity contribution is 0.0493. The van der Waals surface area contributed by atoms with E-state index in [0.717, 1.165) is 18.2 Å². The largest absolute Gasteiger partial charge is 0.490 e. The Balaban J connectivity index is 1.48. The Hall–Kier alpha value is -1.02. The topological polar surface area (TPSA) is 12.5 Å². The molecule has 2 aliphatic rings. The Morgan fingerprint density at radius 1 is 1.05 bits per heavy atom. The molecule has 0 radical (unpaired) electrons. The molecule has 0 spiro atoms. The first-order valence-corrected chi connectivity index (χ1v) is 7.85. The molecule has 0 atom stereocenters. The van der Waals surface area contributed by atoms with E-state index in [4.69, 9.17) is 4.74 Å². The molecule has 1 aliphatic carbocycles. The smallest absolute Gasteiger partial charge is 0.119 e. The van der Waals surface area contributed by atoms with E-state index in [0.29, 0.717) is 6.10 Å². The predicted molar refractivity (Wildman–Crippen MR) is 78.7 cm³/mol. The minimum absolute atomic E-state index is 0.420. The third-order valence-corrected chi connectivity index (χ3v) is 4.70. The average Bonchev–Trinajstić information content (AvgIpc) is 2.40. The van der Waals surface area contributed by atoms with E-state index >= 15 is 0 Å². The number of benzene rings is 1. The van der Waals surface area contributed by atoms with Crippen molar-refractivity contribution in [1.82, 2.24) is 4.90 Å². The number of hydrogen-bond acceptors (Lipinski definition) is 2. The van der Waals surface area contributed by atoms with Crippen LogP contribution in [0.4, 0.5) is 0 Å². The van der Waals surface area contributed by atoms with Crippen molar-refractivity contribution in [2.75, 3.05) is 13.1 Å². The molecule has 0 bridgehead atoms. The number of rotatable bonds is 4. The summed E-state index contributed by atoms with van der Waals surface area (Å²) in [5, 5.41) is 0. The first-order valence-electron chi connectivity index (χ1n) is 7.85. The third kappa shape index (κ3) is 3.11. The maximum atomic E-state index is 6.11. The van der Waals surface area contributed by atoms with Crippen molar-refractivity contribution in [1.29, 1.82) is 0 Å². The summed E-state index contributed by atoms with van der Waals surface area (Å²) < 4.78 is 6.11. The molecule has 1 aromatic rings. The van der Waals surface area contributed by atoms with Gasteiger partial charge in [-0.2, -0.15) is 0 Å². The van der Waals surface area contributed by atoms with E-state index in [2.05, 4.69) is 36.1 Å². The Labute approximate surface area is 116 Å². The highest BCUT2D eigenvalue weighted by atomic mass is 16.5. The summed E-state index contributed by atoms with van der Waals surface area (Å²) in [4.78, 5) is 2.67. The maximum absolute atomic E-state index is 6.11. The third-order valence-electron chi connectivity index (χ3n) is 4.70. The lowest BCUT2D eigenvalue weighted by atomic mass is 9.90. The fourth-order valence-electron chi connectivity index (χ4n) is 3.11. The molecule has 0 aromatic heterocycles. The van der Waals surface area contributed by atoms with Crippen LogP contribution >= 0.6 is 0 Å². The van der Waals surface area contributed by atoms with Gasteiger partial charge in [0.15, 0.2) is 0 Å². The van der Waals surface area contributed by atoms with Gasteiger partial charge in [-0.1, -0.05) is 25.5 Å². The maximum Gasteiger partial charge on any atom is 0.119 e. The van der Waals surface area contributed by atoms with Crippen molar-refractivity contribution in [3.8, 4) is 5.75 Å². The van der Waals surface area contributed by atoms with Gasteiger partial charge < -0.3 is 9.64 Å². The lowest BCUT2D eigenvalue weighted by Crippen LogP contribution is -2.46. The minimum Gasteiger partial charge on any atom is -0.490 e. The van der Waals surface area contributed by atoms with Crippen molar-refractivity contribution >= 4 is 0 Å². The van der Waals surface area contributed by atoms with E-state index in [1.54, 1.807) is 0 Å². The highest BCUT2D eigenvalue weighted by Gasteiger charge is 2.29. The van der Waals surface area contributed by atoms with Crippen molar-refractivity contribution < 1.29 is 4.74 Å². The van der Waals surface area contributed by atoms with Crippen LogP contribution in [0.25, 0.3) is 0 Å². The zero-order valence-corrected chi connectivity index (χ0v) is 12.0. The second kappa shape index (κ2) is 5.96. The molecule has 2 fully saturated rings. The molecular formula is C17H25NO. The number of ether oxygens (including phenoxy) is 1. The van der Waals surface area contributed by atoms with Crippen LogP contribution in [0.3, 0.4) is 0 Å². The molecule has 0 amide bonds. The van der Waals surface area contributed by atoms with Crippen LogP contribution in [0.2, 0.25) is 0 Å². The first kappa shape index (κ1) is 13.0. The summed E-state index contributed by atoms with van der Waals surface area (Å²) >= 11 is 0. The van der Waals surface area contributed by atoms with Gasteiger partial charge in [0.2, 0.25) is 0 Å². The molecule has 1 aliphatic heterocycles. The van der Waals surface area contributed by atoms with E-state index in [1.165, 1.54) is 50.8 Å². The van der Waals surface area contributed by atoms with Gasteiger partial charge in [-0.25, -0.2) is 0 Å². The zero-order valence-electron chi connectivity index (χ0n) is 12.0. The Bertz CT molecular complexity index is 388. The van der Waals surface area contributed by atoms with Gasteiger partial charge >= 0.3 is 0 Å². The SMILES string of the molecule is CCc1ccc(OC2CCN(C3CCC3)CC2)cc1. The van der Waals surface area contributed by atoms with E-state index in [9.17, 15) is 0 Å². The molecule has 104 valence electrons. The second-order valence-corrected chi connectivity index (χ2v) is 5.94. The van der Waals surface area contributed by atoms with E-state index in [1.807, 2.05) is 0 Å². The zero-order chi connectivity index (χ0) is 13.1. The number of aryl methyl sites for hydroxylation is 1. The summed E-state index contributed by atoms with van der Waals surface area (Å²) in [7, 11) is 0. The molecule has 1 aromatic carbocycles. The lowest BCUT2D eigenvalue weighted by Gasteiger charge is -2.41. The minimum atomic E-state index is 0.420. The summed E-state index contributed by atoms with van der Waals surface area (Å²) in [6.07, 6.45) is 8.17. The molecule has 0 N–H and O–H groups in total. The van der Waals surface area contributed by atoms with Gasteiger partial charge in [0, 0.05) is 19.1 Å². The standard InChI is InChI=1S/C17H25NO/c1-2-14-6-8-16(9-7-14)19-17-10-12-18(13-11-17)15-4-3-5-15/h6-9,15,17H,2-5,10-13H2,1H3. The fourth-order valence-corrected chi connectivity index (χ4v) is 3.11. The summed E-state index contributed by atoms with van der Waals surface area (Å²) in [5.74, 6) is 1.04. The number of piperidine rings is 1. The second-order valence-electron chi connectivity index (χ2n) is 5.94. The van der Waals surface area contributed by atoms with Gasteiger partial charge in [0.25, 0.3) is 0 Å². The summed E-state index contributed by atoms with van der Waals surface area (Å²) in [6.45, 7) is 4.64. The molecule has 19 heavy (non-hydrogen) atoms. The van der Waals surface area contributed by atoms with Crippen molar-refractivity contribution in [2.24, 2.45) is 0 Å². The van der Waals surface area contributed by atoms with Gasteiger partial charge in [0.05, 0.1) is 0 Å². The molecule has 0 unspecified atom stereocenters. The van der Waals surface area contributed by atoms with Crippen molar-refractivity contribution in [3.05, 3.63) is 29.8 Å². The van der Waals surface area contributed by atoms with Gasteiger partial charge in [-0.15, -0.1) is 0 Å². The highest BCUT2D eigenvalue weighted by molar-refractivity contribution is 5.27. The Morgan fingerprint density at radius 2 is 1.74 bits per heavy atom. The molecule has 1 saturated carbocycles.